The van der Waals surface area contributed by atoms with Crippen LogP contribution in [0.2, 0.25) is 0 Å². The van der Waals surface area contributed by atoms with Gasteiger partial charge < -0.3 is 47.7 Å². The molecule has 6 aromatic carbocycles. The van der Waals surface area contributed by atoms with Gasteiger partial charge in [0.1, 0.15) is 37.1 Å². The normalized spacial score (nSPS) is 23.7. The van der Waals surface area contributed by atoms with Crippen LogP contribution in [0.15, 0.2) is 182 Å². The molecule has 2 saturated heterocycles. The van der Waals surface area contributed by atoms with E-state index in [0.717, 1.165) is 16.7 Å². The average Bonchev–Trinajstić information content (AvgIpc) is 3.69. The molecular weight excluding hydrogens is 845 g/mol. The van der Waals surface area contributed by atoms with E-state index in [1.54, 1.807) is 91.0 Å². The van der Waals surface area contributed by atoms with E-state index in [9.17, 15) is 19.5 Å². The van der Waals surface area contributed by atoms with E-state index >= 15 is 0 Å². The third-order valence-electron chi connectivity index (χ3n) is 11.1. The predicted molar refractivity (Wildman–Crippen MR) is 239 cm³/mol. The Labute approximate surface area is 382 Å². The van der Waals surface area contributed by atoms with Crippen molar-refractivity contribution >= 4 is 17.9 Å². The van der Waals surface area contributed by atoms with Crippen LogP contribution in [-0.4, -0.2) is 91.5 Å². The van der Waals surface area contributed by atoms with E-state index in [1.165, 1.54) is 0 Å². The van der Waals surface area contributed by atoms with Gasteiger partial charge in [0.2, 0.25) is 0 Å². The molecule has 2 aliphatic heterocycles. The molecule has 0 aliphatic carbocycles. The molecular formula is C53H50O13. The van der Waals surface area contributed by atoms with Crippen molar-refractivity contribution in [1.82, 2.24) is 0 Å². The summed E-state index contributed by atoms with van der Waals surface area (Å²) in [5.41, 5.74) is 3.36. The molecule has 2 heterocycles. The smallest absolute Gasteiger partial charge is 0.338 e. The minimum absolute atomic E-state index is 0.141. The Bertz CT molecular complexity index is 2410. The van der Waals surface area contributed by atoms with Crippen molar-refractivity contribution < 1.29 is 62.1 Å². The SMILES string of the molecule is O=C(OC[C@H]1O[C@H](OC[C@H]2O[C@H](O)[C@H](OCc3ccccc3)[C@@H](OCc3ccccc3)[C@@H]2OCc2ccccc2)[C@@H](OC(=O)c2ccccc2)[C@@H]1OC(=O)c1ccccc1)c1ccccc1. The van der Waals surface area contributed by atoms with Crippen LogP contribution in [0.25, 0.3) is 0 Å². The van der Waals surface area contributed by atoms with E-state index in [0.29, 0.717) is 0 Å². The summed E-state index contributed by atoms with van der Waals surface area (Å²) < 4.78 is 56.7. The molecule has 0 bridgehead atoms. The Morgan fingerprint density at radius 3 is 1.24 bits per heavy atom. The van der Waals surface area contributed by atoms with Crippen molar-refractivity contribution in [2.24, 2.45) is 0 Å². The van der Waals surface area contributed by atoms with E-state index in [-0.39, 0.29) is 43.1 Å². The Morgan fingerprint density at radius 2 is 0.773 bits per heavy atom. The molecule has 0 unspecified atom stereocenters. The summed E-state index contributed by atoms with van der Waals surface area (Å²) in [6.07, 6.45) is -10.7. The second kappa shape index (κ2) is 23.1. The molecule has 340 valence electrons. The van der Waals surface area contributed by atoms with Crippen molar-refractivity contribution in [1.29, 1.82) is 0 Å². The van der Waals surface area contributed by atoms with Gasteiger partial charge >= 0.3 is 17.9 Å². The van der Waals surface area contributed by atoms with Crippen LogP contribution in [0, 0.1) is 0 Å². The molecule has 6 aromatic rings. The highest BCUT2D eigenvalue weighted by Gasteiger charge is 2.53. The first-order valence-electron chi connectivity index (χ1n) is 21.7. The van der Waals surface area contributed by atoms with Gasteiger partial charge in [-0.05, 0) is 53.1 Å². The Morgan fingerprint density at radius 1 is 0.394 bits per heavy atom. The number of carbonyl (C=O) groups excluding carboxylic acids is 3. The highest BCUT2D eigenvalue weighted by atomic mass is 16.8. The van der Waals surface area contributed by atoms with Crippen molar-refractivity contribution in [3.63, 3.8) is 0 Å². The highest BCUT2D eigenvalue weighted by Crippen LogP contribution is 2.34. The number of hydrogen-bond donors (Lipinski definition) is 1. The molecule has 13 nitrogen and oxygen atoms in total. The van der Waals surface area contributed by atoms with Gasteiger partial charge in [0.15, 0.2) is 24.8 Å². The number of aliphatic hydroxyl groups is 1. The summed E-state index contributed by atoms with van der Waals surface area (Å²) in [5, 5.41) is 11.7. The van der Waals surface area contributed by atoms with Gasteiger partial charge in [-0.3, -0.25) is 0 Å². The Kier molecular flexibility index (Phi) is 16.1. The molecule has 0 radical (unpaired) electrons. The summed E-state index contributed by atoms with van der Waals surface area (Å²) in [4.78, 5) is 40.7. The number of esters is 3. The van der Waals surface area contributed by atoms with E-state index in [4.69, 9.17) is 42.6 Å². The van der Waals surface area contributed by atoms with Crippen molar-refractivity contribution in [3.8, 4) is 0 Å². The molecule has 0 saturated carbocycles. The lowest BCUT2D eigenvalue weighted by molar-refractivity contribution is -0.323. The average molecular weight is 895 g/mol. The van der Waals surface area contributed by atoms with E-state index in [2.05, 4.69) is 0 Å². The van der Waals surface area contributed by atoms with E-state index < -0.39 is 79.8 Å². The van der Waals surface area contributed by atoms with Crippen molar-refractivity contribution in [2.45, 2.75) is 75.1 Å². The second-order valence-corrected chi connectivity index (χ2v) is 15.7. The van der Waals surface area contributed by atoms with Crippen LogP contribution < -0.4 is 0 Å². The Balaban J connectivity index is 1.09. The molecule has 0 amide bonds. The quantitative estimate of drug-likeness (QED) is 0.0631. The van der Waals surface area contributed by atoms with Gasteiger partial charge in [0.25, 0.3) is 0 Å². The maximum atomic E-state index is 13.8. The van der Waals surface area contributed by atoms with Crippen LogP contribution in [0.5, 0.6) is 0 Å². The first-order valence-corrected chi connectivity index (χ1v) is 21.7. The molecule has 0 spiro atoms. The zero-order chi connectivity index (χ0) is 45.5. The number of ether oxygens (including phenoxy) is 9. The summed E-state index contributed by atoms with van der Waals surface area (Å²) >= 11 is 0. The highest BCUT2D eigenvalue weighted by molar-refractivity contribution is 5.91. The fraction of sp³-hybridized carbons (Fsp3) is 0.264. The maximum Gasteiger partial charge on any atom is 0.338 e. The summed E-state index contributed by atoms with van der Waals surface area (Å²) in [6.45, 7) is -0.275. The van der Waals surface area contributed by atoms with Crippen LogP contribution in [0.1, 0.15) is 47.8 Å². The summed E-state index contributed by atoms with van der Waals surface area (Å²) in [7, 11) is 0. The molecule has 2 fully saturated rings. The van der Waals surface area contributed by atoms with Gasteiger partial charge in [0.05, 0.1) is 43.1 Å². The number of benzene rings is 6. The Hall–Kier alpha value is -6.55. The standard InChI is InChI=1S/C53H50O13/c54-49(39-25-13-4-14-26-39)61-34-43-45(65-50(55)40-27-15-5-16-28-40)48(66-51(56)41-29-17-6-18-30-41)53(64-43)62-35-42-44(58-31-36-19-7-1-8-20-36)46(59-32-37-21-9-2-10-22-37)47(52(57)63-42)60-33-38-23-11-3-12-24-38/h1-30,42-48,52-53,57H,31-35H2/t42-,43-,44-,45-,46+,47-,48+,52+,53+/m1/s1. The molecule has 1 N–H and O–H groups in total. The van der Waals surface area contributed by atoms with Crippen molar-refractivity contribution in [2.75, 3.05) is 13.2 Å². The molecule has 66 heavy (non-hydrogen) atoms. The number of aliphatic hydroxyl groups excluding tert-OH is 1. The maximum absolute atomic E-state index is 13.8. The fourth-order valence-electron chi connectivity index (χ4n) is 7.66. The monoisotopic (exact) mass is 894 g/mol. The molecule has 9 atom stereocenters. The summed E-state index contributed by atoms with van der Waals surface area (Å²) in [6, 6.07) is 53.6. The number of hydrogen-bond acceptors (Lipinski definition) is 13. The van der Waals surface area contributed by atoms with E-state index in [1.807, 2.05) is 91.0 Å². The van der Waals surface area contributed by atoms with Gasteiger partial charge in [-0.15, -0.1) is 0 Å². The minimum Gasteiger partial charge on any atom is -0.459 e. The molecule has 2 aliphatic rings. The van der Waals surface area contributed by atoms with Crippen molar-refractivity contribution in [3.05, 3.63) is 215 Å². The van der Waals surface area contributed by atoms with Crippen LogP contribution in [-0.2, 0) is 62.5 Å². The third-order valence-corrected chi connectivity index (χ3v) is 11.1. The number of carbonyl (C=O) groups is 3. The first kappa shape index (κ1) is 46.0. The number of rotatable bonds is 19. The van der Waals surface area contributed by atoms with Gasteiger partial charge in [-0.2, -0.15) is 0 Å². The zero-order valence-corrected chi connectivity index (χ0v) is 35.9. The fourth-order valence-corrected chi connectivity index (χ4v) is 7.66. The largest absolute Gasteiger partial charge is 0.459 e. The minimum atomic E-state index is -1.51. The lowest BCUT2D eigenvalue weighted by atomic mass is 9.98. The van der Waals surface area contributed by atoms with Crippen LogP contribution >= 0.6 is 0 Å². The third kappa shape index (κ3) is 12.2. The van der Waals surface area contributed by atoms with Gasteiger partial charge in [-0.25, -0.2) is 14.4 Å². The molecule has 8 rings (SSSR count). The predicted octanol–water partition coefficient (Wildman–Crippen LogP) is 7.51. The lowest BCUT2D eigenvalue weighted by Gasteiger charge is -2.44. The topological polar surface area (TPSA) is 155 Å². The van der Waals surface area contributed by atoms with Crippen LogP contribution in [0.3, 0.4) is 0 Å². The first-order chi connectivity index (χ1) is 32.4. The molecule has 13 heteroatoms. The van der Waals surface area contributed by atoms with Gasteiger partial charge in [0, 0.05) is 0 Å². The second-order valence-electron chi connectivity index (χ2n) is 15.7. The lowest BCUT2D eigenvalue weighted by Crippen LogP contribution is -2.61. The van der Waals surface area contributed by atoms with Gasteiger partial charge in [-0.1, -0.05) is 146 Å². The summed E-state index contributed by atoms with van der Waals surface area (Å²) in [5.74, 6) is -2.14. The van der Waals surface area contributed by atoms with Crippen LogP contribution in [0.4, 0.5) is 0 Å². The zero-order valence-electron chi connectivity index (χ0n) is 35.9. The molecule has 0 aromatic heterocycles.